The number of hydrogen-bond donors (Lipinski definition) is 0. The van der Waals surface area contributed by atoms with E-state index in [1.165, 1.54) is 5.57 Å². The summed E-state index contributed by atoms with van der Waals surface area (Å²) >= 11 is 0. The minimum Gasteiger partial charge on any atom is -0.303 e. The van der Waals surface area contributed by atoms with E-state index in [1.807, 2.05) is 0 Å². The van der Waals surface area contributed by atoms with Crippen molar-refractivity contribution >= 4 is 6.29 Å². The Bertz CT molecular complexity index is 348. The summed E-state index contributed by atoms with van der Waals surface area (Å²) in [5, 5.41) is 0. The number of carbonyl (C=O) groups excluding carboxylic acids is 1. The Labute approximate surface area is 77.8 Å². The van der Waals surface area contributed by atoms with E-state index in [9.17, 15) is 4.79 Å². The maximum absolute atomic E-state index is 10.9. The van der Waals surface area contributed by atoms with Crippen LogP contribution in [0.1, 0.15) is 12.8 Å². The van der Waals surface area contributed by atoms with Crippen molar-refractivity contribution in [2.75, 3.05) is 0 Å². The first kappa shape index (κ1) is 7.31. The minimum absolute atomic E-state index is 0.122. The average molecular weight is 172 g/mol. The number of rotatable bonds is 1. The maximum Gasteiger partial charge on any atom is 0.124 e. The summed E-state index contributed by atoms with van der Waals surface area (Å²) in [6.07, 6.45) is 14.2. The molecule has 13 heavy (non-hydrogen) atoms. The molecule has 0 radical (unpaired) electrons. The van der Waals surface area contributed by atoms with Crippen LogP contribution in [-0.4, -0.2) is 6.29 Å². The zero-order chi connectivity index (χ0) is 8.89. The molecule has 3 unspecified atom stereocenters. The molecule has 1 heteroatoms. The molecule has 1 spiro atoms. The Kier molecular flexibility index (Phi) is 1.25. The van der Waals surface area contributed by atoms with Crippen LogP contribution in [0.3, 0.4) is 0 Å². The third-order valence-electron chi connectivity index (χ3n) is 3.87. The van der Waals surface area contributed by atoms with Gasteiger partial charge in [0, 0.05) is 11.3 Å². The van der Waals surface area contributed by atoms with Gasteiger partial charge < -0.3 is 4.79 Å². The topological polar surface area (TPSA) is 17.1 Å². The van der Waals surface area contributed by atoms with Gasteiger partial charge in [0.15, 0.2) is 0 Å². The zero-order valence-electron chi connectivity index (χ0n) is 7.44. The fourth-order valence-corrected chi connectivity index (χ4v) is 3.14. The first-order valence-electron chi connectivity index (χ1n) is 4.90. The molecule has 3 aliphatic rings. The molecule has 66 valence electrons. The van der Waals surface area contributed by atoms with Crippen LogP contribution in [0.2, 0.25) is 0 Å². The second-order valence-corrected chi connectivity index (χ2v) is 4.22. The minimum atomic E-state index is 0.122. The van der Waals surface area contributed by atoms with E-state index in [2.05, 4.69) is 30.4 Å². The van der Waals surface area contributed by atoms with Crippen molar-refractivity contribution in [3.05, 3.63) is 36.0 Å². The molecule has 0 amide bonds. The highest BCUT2D eigenvalue weighted by atomic mass is 16.1. The molecule has 1 fully saturated rings. The smallest absolute Gasteiger partial charge is 0.124 e. The molecule has 0 aromatic heterocycles. The van der Waals surface area contributed by atoms with Crippen LogP contribution in [0.4, 0.5) is 0 Å². The van der Waals surface area contributed by atoms with Crippen LogP contribution in [0.15, 0.2) is 36.0 Å². The van der Waals surface area contributed by atoms with Gasteiger partial charge in [-0.3, -0.25) is 0 Å². The maximum atomic E-state index is 10.9. The number of aldehydes is 1. The summed E-state index contributed by atoms with van der Waals surface area (Å²) in [5.41, 5.74) is 1.50. The quantitative estimate of drug-likeness (QED) is 0.554. The second-order valence-electron chi connectivity index (χ2n) is 4.22. The van der Waals surface area contributed by atoms with Crippen LogP contribution < -0.4 is 0 Å². The van der Waals surface area contributed by atoms with Crippen molar-refractivity contribution in [1.29, 1.82) is 0 Å². The Balaban J connectivity index is 2.09. The number of carbonyl (C=O) groups is 1. The molecular weight excluding hydrogens is 160 g/mol. The Hall–Kier alpha value is -1.11. The van der Waals surface area contributed by atoms with E-state index in [-0.39, 0.29) is 11.3 Å². The van der Waals surface area contributed by atoms with Crippen LogP contribution in [-0.2, 0) is 4.79 Å². The van der Waals surface area contributed by atoms with E-state index in [0.29, 0.717) is 5.92 Å². The lowest BCUT2D eigenvalue weighted by Gasteiger charge is -2.50. The Morgan fingerprint density at radius 2 is 2.38 bits per heavy atom. The standard InChI is InChI=1S/C12H12O/c13-8-11-7-10-5-4-9-3-1-2-6-12(9,10)11/h1-4,6,8,10-11H,5,7H2. The molecule has 0 aromatic carbocycles. The molecule has 3 atom stereocenters. The second kappa shape index (κ2) is 2.22. The fourth-order valence-electron chi connectivity index (χ4n) is 3.14. The van der Waals surface area contributed by atoms with Crippen LogP contribution in [0, 0.1) is 17.3 Å². The highest BCUT2D eigenvalue weighted by molar-refractivity contribution is 5.64. The molecule has 1 saturated carbocycles. The third kappa shape index (κ3) is 0.668. The predicted molar refractivity (Wildman–Crippen MR) is 51.1 cm³/mol. The average Bonchev–Trinajstić information content (AvgIpc) is 2.43. The van der Waals surface area contributed by atoms with Gasteiger partial charge in [-0.15, -0.1) is 0 Å². The fraction of sp³-hybridized carbons (Fsp3) is 0.417. The third-order valence-corrected chi connectivity index (χ3v) is 3.87. The monoisotopic (exact) mass is 172 g/mol. The molecular formula is C12H12O. The summed E-state index contributed by atoms with van der Waals surface area (Å²) in [4.78, 5) is 10.9. The highest BCUT2D eigenvalue weighted by Gasteiger charge is 2.57. The van der Waals surface area contributed by atoms with E-state index >= 15 is 0 Å². The predicted octanol–water partition coefficient (Wildman–Crippen LogP) is 2.26. The lowest BCUT2D eigenvalue weighted by atomic mass is 9.51. The van der Waals surface area contributed by atoms with Gasteiger partial charge in [0.25, 0.3) is 0 Å². The summed E-state index contributed by atoms with van der Waals surface area (Å²) in [6.45, 7) is 0. The number of allylic oxidation sites excluding steroid dienone is 6. The molecule has 1 nitrogen and oxygen atoms in total. The normalized spacial score (nSPS) is 44.8. The van der Waals surface area contributed by atoms with E-state index in [4.69, 9.17) is 0 Å². The lowest BCUT2D eigenvalue weighted by molar-refractivity contribution is -0.120. The molecule has 0 aromatic rings. The van der Waals surface area contributed by atoms with Crippen molar-refractivity contribution in [1.82, 2.24) is 0 Å². The Morgan fingerprint density at radius 3 is 3.23 bits per heavy atom. The van der Waals surface area contributed by atoms with Gasteiger partial charge in [0.2, 0.25) is 0 Å². The van der Waals surface area contributed by atoms with E-state index < -0.39 is 0 Å². The van der Waals surface area contributed by atoms with Gasteiger partial charge in [-0.05, 0) is 24.3 Å². The summed E-state index contributed by atoms with van der Waals surface area (Å²) in [6, 6.07) is 0. The van der Waals surface area contributed by atoms with Gasteiger partial charge in [0.1, 0.15) is 6.29 Å². The van der Waals surface area contributed by atoms with E-state index in [1.54, 1.807) is 0 Å². The van der Waals surface area contributed by atoms with Gasteiger partial charge in [-0.1, -0.05) is 30.4 Å². The van der Waals surface area contributed by atoms with Crippen molar-refractivity contribution in [2.45, 2.75) is 12.8 Å². The van der Waals surface area contributed by atoms with Crippen LogP contribution >= 0.6 is 0 Å². The zero-order valence-corrected chi connectivity index (χ0v) is 7.44. The van der Waals surface area contributed by atoms with Crippen molar-refractivity contribution in [3.8, 4) is 0 Å². The van der Waals surface area contributed by atoms with Crippen molar-refractivity contribution in [2.24, 2.45) is 17.3 Å². The summed E-state index contributed by atoms with van der Waals surface area (Å²) < 4.78 is 0. The van der Waals surface area contributed by atoms with Crippen molar-refractivity contribution in [3.63, 3.8) is 0 Å². The molecule has 0 bridgehead atoms. The summed E-state index contributed by atoms with van der Waals surface area (Å²) in [7, 11) is 0. The van der Waals surface area contributed by atoms with Crippen LogP contribution in [0.25, 0.3) is 0 Å². The van der Waals surface area contributed by atoms with E-state index in [0.717, 1.165) is 19.1 Å². The van der Waals surface area contributed by atoms with Crippen molar-refractivity contribution < 1.29 is 4.79 Å². The largest absolute Gasteiger partial charge is 0.303 e. The molecule has 0 aliphatic heterocycles. The molecule has 0 heterocycles. The molecule has 3 aliphatic carbocycles. The Morgan fingerprint density at radius 1 is 1.46 bits per heavy atom. The van der Waals surface area contributed by atoms with Gasteiger partial charge in [-0.25, -0.2) is 0 Å². The first-order valence-corrected chi connectivity index (χ1v) is 4.90. The van der Waals surface area contributed by atoms with Gasteiger partial charge in [-0.2, -0.15) is 0 Å². The molecule has 0 N–H and O–H groups in total. The SMILES string of the molecule is O=CC1CC2CC=C3C=CC=CC312. The first-order chi connectivity index (χ1) is 6.38. The lowest BCUT2D eigenvalue weighted by Crippen LogP contribution is -2.47. The van der Waals surface area contributed by atoms with Gasteiger partial charge >= 0.3 is 0 Å². The molecule has 3 rings (SSSR count). The number of hydrogen-bond acceptors (Lipinski definition) is 1. The summed E-state index contributed by atoms with van der Waals surface area (Å²) in [5.74, 6) is 0.950. The van der Waals surface area contributed by atoms with Crippen LogP contribution in [0.5, 0.6) is 0 Å². The molecule has 0 saturated heterocycles. The van der Waals surface area contributed by atoms with Gasteiger partial charge in [0.05, 0.1) is 0 Å². The highest BCUT2D eigenvalue weighted by Crippen LogP contribution is 2.62.